The number of carboxylic acids is 1. The number of aromatic carboxylic acids is 1. The number of carboxylic acid groups (broad SMARTS) is 1. The largest absolute Gasteiger partial charge is 0.478 e. The molecule has 0 spiro atoms. The Bertz CT molecular complexity index is 731. The molecule has 1 unspecified atom stereocenters. The smallest absolute Gasteiger partial charge is 0.338 e. The van der Waals surface area contributed by atoms with Gasteiger partial charge in [-0.05, 0) is 13.3 Å². The molecule has 1 aromatic rings. The highest BCUT2D eigenvalue weighted by Gasteiger charge is 2.35. The van der Waals surface area contributed by atoms with Gasteiger partial charge in [-0.15, -0.1) is 12.4 Å². The highest BCUT2D eigenvalue weighted by atomic mass is 35.5. The summed E-state index contributed by atoms with van der Waals surface area (Å²) in [4.78, 5) is 15.1. The third-order valence-electron chi connectivity index (χ3n) is 4.11. The van der Waals surface area contributed by atoms with Gasteiger partial charge >= 0.3 is 5.97 Å². The molecule has 2 rings (SSSR count). The van der Waals surface area contributed by atoms with Crippen molar-refractivity contribution in [3.05, 3.63) is 17.8 Å². The third-order valence-corrected chi connectivity index (χ3v) is 6.10. The van der Waals surface area contributed by atoms with Crippen molar-refractivity contribution in [2.45, 2.75) is 31.2 Å². The van der Waals surface area contributed by atoms with Crippen molar-refractivity contribution in [3.63, 3.8) is 0 Å². The Morgan fingerprint density at radius 2 is 2.15 bits per heavy atom. The summed E-state index contributed by atoms with van der Waals surface area (Å²) in [5, 5.41) is 12.5. The van der Waals surface area contributed by atoms with E-state index in [0.29, 0.717) is 32.7 Å². The fraction of sp³-hybridized carbons (Fsp3) is 0.625. The van der Waals surface area contributed by atoms with Crippen LogP contribution < -0.4 is 10.1 Å². The van der Waals surface area contributed by atoms with Crippen LogP contribution in [0, 0.1) is 0 Å². The molecule has 27 heavy (non-hydrogen) atoms. The first kappa shape index (κ1) is 23.6. The molecule has 154 valence electrons. The molecule has 0 radical (unpaired) electrons. The predicted octanol–water partition coefficient (Wildman–Crippen LogP) is 0.989. The first-order chi connectivity index (χ1) is 12.4. The number of ether oxygens (including phenoxy) is 2. The van der Waals surface area contributed by atoms with Crippen molar-refractivity contribution in [1.29, 1.82) is 0 Å². The normalized spacial score (nSPS) is 17.9. The van der Waals surface area contributed by atoms with E-state index in [9.17, 15) is 18.3 Å². The van der Waals surface area contributed by atoms with Gasteiger partial charge in [0.15, 0.2) is 0 Å². The fourth-order valence-electron chi connectivity index (χ4n) is 2.75. The quantitative estimate of drug-likeness (QED) is 0.564. The molecule has 2 heterocycles. The number of piperazine rings is 1. The summed E-state index contributed by atoms with van der Waals surface area (Å²) >= 11 is 0. The number of nitrogens with one attached hydrogen (secondary N) is 1. The average molecular weight is 424 g/mol. The number of hydrogen-bond donors (Lipinski definition) is 2. The lowest BCUT2D eigenvalue weighted by Gasteiger charge is -2.34. The summed E-state index contributed by atoms with van der Waals surface area (Å²) < 4.78 is 38.2. The average Bonchev–Trinajstić information content (AvgIpc) is 2.65. The number of halogens is 1. The first-order valence-corrected chi connectivity index (χ1v) is 10.0. The molecule has 1 fully saturated rings. The molecule has 9 nitrogen and oxygen atoms in total. The van der Waals surface area contributed by atoms with E-state index >= 15 is 0 Å². The van der Waals surface area contributed by atoms with Gasteiger partial charge in [0.05, 0.1) is 12.2 Å². The molecule has 1 aliphatic heterocycles. The summed E-state index contributed by atoms with van der Waals surface area (Å²) in [7, 11) is -4.00. The van der Waals surface area contributed by atoms with Crippen LogP contribution >= 0.6 is 12.4 Å². The Morgan fingerprint density at radius 3 is 2.78 bits per heavy atom. The van der Waals surface area contributed by atoms with Crippen molar-refractivity contribution in [2.24, 2.45) is 0 Å². The van der Waals surface area contributed by atoms with Crippen molar-refractivity contribution < 1.29 is 27.8 Å². The molecule has 0 aromatic carbocycles. The van der Waals surface area contributed by atoms with E-state index in [1.807, 2.05) is 13.8 Å². The lowest BCUT2D eigenvalue weighted by atomic mass is 10.2. The molecular formula is C16H26ClN3O6S. The number of hydrogen-bond acceptors (Lipinski definition) is 7. The molecule has 11 heteroatoms. The molecule has 1 atom stereocenters. The van der Waals surface area contributed by atoms with Crippen LogP contribution in [0.1, 0.15) is 30.6 Å². The van der Waals surface area contributed by atoms with Crippen LogP contribution in [0.5, 0.6) is 5.88 Å². The summed E-state index contributed by atoms with van der Waals surface area (Å²) in [5.74, 6) is -1.29. The zero-order valence-corrected chi connectivity index (χ0v) is 17.0. The highest BCUT2D eigenvalue weighted by Crippen LogP contribution is 2.26. The van der Waals surface area contributed by atoms with Crippen LogP contribution in [0.25, 0.3) is 0 Å². The number of sulfonamides is 1. The molecule has 0 bridgehead atoms. The SMILES string of the molecule is CCOCCOc1cc(S(=O)(=O)N2CCNCC2CC)c(C(=O)O)cn1.Cl. The number of rotatable bonds is 9. The van der Waals surface area contributed by atoms with Crippen molar-refractivity contribution >= 4 is 28.4 Å². The van der Waals surface area contributed by atoms with Gasteiger partial charge in [-0.3, -0.25) is 0 Å². The third kappa shape index (κ3) is 5.76. The maximum atomic E-state index is 13.1. The summed E-state index contributed by atoms with van der Waals surface area (Å²) in [6, 6.07) is 0.949. The molecule has 0 saturated carbocycles. The van der Waals surface area contributed by atoms with Crippen LogP contribution in [0.3, 0.4) is 0 Å². The second kappa shape index (κ2) is 10.8. The lowest BCUT2D eigenvalue weighted by Crippen LogP contribution is -2.53. The molecule has 1 saturated heterocycles. The molecule has 0 amide bonds. The minimum absolute atomic E-state index is 0. The van der Waals surface area contributed by atoms with E-state index in [-0.39, 0.29) is 47.9 Å². The van der Waals surface area contributed by atoms with E-state index in [2.05, 4.69) is 10.3 Å². The van der Waals surface area contributed by atoms with Gasteiger partial charge in [0.1, 0.15) is 11.5 Å². The van der Waals surface area contributed by atoms with E-state index < -0.39 is 16.0 Å². The van der Waals surface area contributed by atoms with Crippen LogP contribution in [0.15, 0.2) is 17.2 Å². The molecule has 1 aromatic heterocycles. The molecule has 0 aliphatic carbocycles. The van der Waals surface area contributed by atoms with Crippen LogP contribution in [0.2, 0.25) is 0 Å². The van der Waals surface area contributed by atoms with Crippen molar-refractivity contribution in [2.75, 3.05) is 39.5 Å². The number of nitrogens with zero attached hydrogens (tertiary/aromatic N) is 2. The number of pyridine rings is 1. The van der Waals surface area contributed by atoms with Crippen LogP contribution in [0.4, 0.5) is 0 Å². The maximum absolute atomic E-state index is 13.1. The van der Waals surface area contributed by atoms with Gasteiger partial charge < -0.3 is 19.9 Å². The summed E-state index contributed by atoms with van der Waals surface area (Å²) in [5.41, 5.74) is -0.365. The highest BCUT2D eigenvalue weighted by molar-refractivity contribution is 7.89. The Balaban J connectivity index is 0.00000364. The monoisotopic (exact) mass is 423 g/mol. The fourth-order valence-corrected chi connectivity index (χ4v) is 4.62. The minimum Gasteiger partial charge on any atom is -0.478 e. The second-order valence-electron chi connectivity index (χ2n) is 5.75. The maximum Gasteiger partial charge on any atom is 0.338 e. The molecule has 2 N–H and O–H groups in total. The topological polar surface area (TPSA) is 118 Å². The standard InChI is InChI=1S/C16H25N3O6S.ClH/c1-3-12-10-17-5-6-19(12)26(22,23)14-9-15(25-8-7-24-4-2)18-11-13(14)16(20)21;/h9,11-12,17H,3-8,10H2,1-2H3,(H,20,21);1H. The molecular weight excluding hydrogens is 398 g/mol. The van der Waals surface area contributed by atoms with Crippen molar-refractivity contribution in [3.8, 4) is 5.88 Å². The van der Waals surface area contributed by atoms with E-state index in [1.54, 1.807) is 0 Å². The van der Waals surface area contributed by atoms with Gasteiger partial charge in [-0.2, -0.15) is 4.31 Å². The Kier molecular flexibility index (Phi) is 9.40. The Morgan fingerprint density at radius 1 is 1.41 bits per heavy atom. The van der Waals surface area contributed by atoms with Crippen LogP contribution in [-0.2, 0) is 14.8 Å². The zero-order chi connectivity index (χ0) is 19.2. The molecule has 1 aliphatic rings. The van der Waals surface area contributed by atoms with Crippen molar-refractivity contribution in [1.82, 2.24) is 14.6 Å². The number of aromatic nitrogens is 1. The summed E-state index contributed by atoms with van der Waals surface area (Å²) in [6.45, 7) is 6.13. The van der Waals surface area contributed by atoms with Gasteiger partial charge in [0.2, 0.25) is 15.9 Å². The van der Waals surface area contributed by atoms with Gasteiger partial charge in [0.25, 0.3) is 0 Å². The predicted molar refractivity (Wildman–Crippen MR) is 101 cm³/mol. The van der Waals surface area contributed by atoms with Gasteiger partial charge in [-0.1, -0.05) is 6.92 Å². The van der Waals surface area contributed by atoms with Gasteiger partial charge in [-0.25, -0.2) is 18.2 Å². The lowest BCUT2D eigenvalue weighted by molar-refractivity contribution is 0.0691. The minimum atomic E-state index is -4.00. The second-order valence-corrected chi connectivity index (χ2v) is 7.61. The van der Waals surface area contributed by atoms with Crippen LogP contribution in [-0.4, -0.2) is 74.3 Å². The van der Waals surface area contributed by atoms with Gasteiger partial charge in [0, 0.05) is 44.5 Å². The summed E-state index contributed by atoms with van der Waals surface area (Å²) in [6.07, 6.45) is 1.64. The number of carbonyl (C=O) groups is 1. The first-order valence-electron chi connectivity index (χ1n) is 8.58. The zero-order valence-electron chi connectivity index (χ0n) is 15.4. The van der Waals surface area contributed by atoms with E-state index in [0.717, 1.165) is 6.20 Å². The Labute approximate surface area is 165 Å². The van der Waals surface area contributed by atoms with E-state index in [1.165, 1.54) is 10.4 Å². The van der Waals surface area contributed by atoms with E-state index in [4.69, 9.17) is 9.47 Å². The Hall–Kier alpha value is -1.46.